The molecule has 0 bridgehead atoms. The lowest BCUT2D eigenvalue weighted by atomic mass is 10.3. The normalized spacial score (nSPS) is 14.6. The van der Waals surface area contributed by atoms with Crippen LogP contribution in [0.2, 0.25) is 0 Å². The largest absolute Gasteiger partial charge is 0.539 e. The van der Waals surface area contributed by atoms with Gasteiger partial charge in [0.15, 0.2) is 5.95 Å². The van der Waals surface area contributed by atoms with Gasteiger partial charge in [-0.3, -0.25) is 0 Å². The fraction of sp³-hybridized carbons (Fsp3) is 0.385. The first-order chi connectivity index (χ1) is 9.28. The van der Waals surface area contributed by atoms with E-state index in [-0.39, 0.29) is 0 Å². The molecule has 0 radical (unpaired) electrons. The minimum absolute atomic E-state index is 0.399. The van der Waals surface area contributed by atoms with E-state index in [4.69, 9.17) is 9.26 Å². The summed E-state index contributed by atoms with van der Waals surface area (Å²) in [7, 11) is 1.61. The van der Waals surface area contributed by atoms with Gasteiger partial charge < -0.3 is 19.7 Å². The second kappa shape index (κ2) is 4.89. The van der Waals surface area contributed by atoms with Crippen LogP contribution in [0.25, 0.3) is 5.69 Å². The van der Waals surface area contributed by atoms with Crippen LogP contribution < -0.4 is 19.8 Å². The van der Waals surface area contributed by atoms with Crippen LogP contribution in [0.5, 0.6) is 11.7 Å². The Kier molecular flexibility index (Phi) is 3.08. The summed E-state index contributed by atoms with van der Waals surface area (Å²) in [5.41, 5.74) is 1.29. The lowest BCUT2D eigenvalue weighted by molar-refractivity contribution is -0.677. The third kappa shape index (κ3) is 2.53. The van der Waals surface area contributed by atoms with Crippen molar-refractivity contribution in [2.45, 2.75) is 25.4 Å². The zero-order chi connectivity index (χ0) is 13.2. The molecule has 2 aromatic rings. The summed E-state index contributed by atoms with van der Waals surface area (Å²) in [4.78, 5) is 0. The average molecular weight is 261 g/mol. The topological polar surface area (TPSA) is 74.2 Å². The minimum atomic E-state index is -0.399. The van der Waals surface area contributed by atoms with Crippen LogP contribution in [0, 0.1) is 0 Å². The molecule has 1 heterocycles. The van der Waals surface area contributed by atoms with Crippen LogP contribution in [0.15, 0.2) is 28.8 Å². The molecule has 1 aromatic heterocycles. The van der Waals surface area contributed by atoms with Gasteiger partial charge in [-0.2, -0.15) is 0 Å². The van der Waals surface area contributed by atoms with E-state index in [0.717, 1.165) is 11.4 Å². The molecule has 1 aromatic carbocycles. The quantitative estimate of drug-likeness (QED) is 0.783. The van der Waals surface area contributed by atoms with Crippen LogP contribution in [0.1, 0.15) is 18.5 Å². The van der Waals surface area contributed by atoms with Crippen molar-refractivity contribution in [1.82, 2.24) is 10.6 Å². The molecule has 1 aliphatic carbocycles. The molecule has 0 spiro atoms. The molecule has 0 saturated heterocycles. The maximum absolute atomic E-state index is 11.7. The highest BCUT2D eigenvalue weighted by molar-refractivity contribution is 5.31. The minimum Gasteiger partial charge on any atom is -0.539 e. The number of hydrogen-bond acceptors (Lipinski definition) is 5. The van der Waals surface area contributed by atoms with E-state index < -0.39 is 5.95 Å². The third-order valence-electron chi connectivity index (χ3n) is 3.15. The zero-order valence-corrected chi connectivity index (χ0v) is 10.6. The summed E-state index contributed by atoms with van der Waals surface area (Å²) >= 11 is 0. The van der Waals surface area contributed by atoms with Crippen molar-refractivity contribution in [2.75, 3.05) is 7.11 Å². The summed E-state index contributed by atoms with van der Waals surface area (Å²) < 4.78 is 11.4. The van der Waals surface area contributed by atoms with Crippen LogP contribution >= 0.6 is 0 Å². The molecule has 6 heteroatoms. The number of ether oxygens (including phenoxy) is 1. The second-order valence-corrected chi connectivity index (χ2v) is 4.57. The molecule has 1 saturated carbocycles. The molecule has 1 fully saturated rings. The molecular weight excluding hydrogens is 246 g/mol. The van der Waals surface area contributed by atoms with Gasteiger partial charge >= 0.3 is 0 Å². The Morgan fingerprint density at radius 3 is 2.79 bits per heavy atom. The molecule has 3 rings (SSSR count). The summed E-state index contributed by atoms with van der Waals surface area (Å²) in [5.74, 6) is 0.358. The highest BCUT2D eigenvalue weighted by Crippen LogP contribution is 2.20. The van der Waals surface area contributed by atoms with Crippen LogP contribution in [-0.4, -0.2) is 18.4 Å². The van der Waals surface area contributed by atoms with E-state index in [1.54, 1.807) is 7.11 Å². The highest BCUT2D eigenvalue weighted by atomic mass is 16.6. The monoisotopic (exact) mass is 261 g/mol. The number of rotatable bonds is 5. The Labute approximate surface area is 110 Å². The van der Waals surface area contributed by atoms with Crippen molar-refractivity contribution in [3.63, 3.8) is 0 Å². The van der Waals surface area contributed by atoms with Crippen LogP contribution in [0.3, 0.4) is 0 Å². The van der Waals surface area contributed by atoms with Crippen molar-refractivity contribution >= 4 is 0 Å². The SMILES string of the molecule is COc1ccc(-[n+]2noc([O-])c2CNC2CC2)cc1. The molecule has 100 valence electrons. The summed E-state index contributed by atoms with van der Waals surface area (Å²) in [5, 5.41) is 18.7. The second-order valence-electron chi connectivity index (χ2n) is 4.57. The van der Waals surface area contributed by atoms with Crippen molar-refractivity contribution in [2.24, 2.45) is 0 Å². The van der Waals surface area contributed by atoms with Crippen LogP contribution in [0.4, 0.5) is 0 Å². The molecular formula is C13H15N3O3. The fourth-order valence-electron chi connectivity index (χ4n) is 1.87. The van der Waals surface area contributed by atoms with Gasteiger partial charge in [-0.05, 0) is 29.7 Å². The van der Waals surface area contributed by atoms with Gasteiger partial charge in [-0.15, -0.1) is 0 Å². The first-order valence-corrected chi connectivity index (χ1v) is 6.23. The molecule has 0 amide bonds. The van der Waals surface area contributed by atoms with Gasteiger partial charge in [0, 0.05) is 18.2 Å². The Bertz CT molecular complexity index is 561. The van der Waals surface area contributed by atoms with E-state index in [2.05, 4.69) is 10.6 Å². The molecule has 19 heavy (non-hydrogen) atoms. The molecule has 0 atom stereocenters. The summed E-state index contributed by atoms with van der Waals surface area (Å²) in [6, 6.07) is 7.83. The number of nitrogens with zero attached hydrogens (tertiary/aromatic N) is 2. The van der Waals surface area contributed by atoms with Crippen LogP contribution in [-0.2, 0) is 6.54 Å². The number of methoxy groups -OCH3 is 1. The Balaban J connectivity index is 1.85. The first kappa shape index (κ1) is 12.0. The van der Waals surface area contributed by atoms with Crippen molar-refractivity contribution in [1.29, 1.82) is 0 Å². The van der Waals surface area contributed by atoms with Gasteiger partial charge in [0.25, 0.3) is 5.69 Å². The molecule has 1 aliphatic rings. The van der Waals surface area contributed by atoms with Gasteiger partial charge in [0.05, 0.1) is 18.9 Å². The number of hydrogen-bond donors (Lipinski definition) is 1. The van der Waals surface area contributed by atoms with Crippen molar-refractivity contribution in [3.8, 4) is 17.4 Å². The maximum Gasteiger partial charge on any atom is 0.253 e. The zero-order valence-electron chi connectivity index (χ0n) is 10.6. The van der Waals surface area contributed by atoms with E-state index in [1.807, 2.05) is 24.3 Å². The lowest BCUT2D eigenvalue weighted by Gasteiger charge is -2.01. The van der Waals surface area contributed by atoms with E-state index in [1.165, 1.54) is 17.5 Å². The third-order valence-corrected chi connectivity index (χ3v) is 3.15. The van der Waals surface area contributed by atoms with Gasteiger partial charge in [0.1, 0.15) is 5.75 Å². The van der Waals surface area contributed by atoms with Gasteiger partial charge in [0.2, 0.25) is 5.69 Å². The smallest absolute Gasteiger partial charge is 0.253 e. The Morgan fingerprint density at radius 1 is 1.42 bits per heavy atom. The standard InChI is InChI=1S/C13H15N3O3/c1-18-11-6-4-10(5-7-11)16-12(13(17)19-15-16)8-14-9-2-3-9/h4-7,9,14H,2-3,8H2,1H3. The van der Waals surface area contributed by atoms with Gasteiger partial charge in [-0.1, -0.05) is 0 Å². The molecule has 6 nitrogen and oxygen atoms in total. The van der Waals surface area contributed by atoms with Gasteiger partial charge in [-0.25, -0.2) is 0 Å². The predicted molar refractivity (Wildman–Crippen MR) is 63.9 cm³/mol. The van der Waals surface area contributed by atoms with Crippen molar-refractivity contribution < 1.29 is 19.0 Å². The molecule has 0 unspecified atom stereocenters. The Hall–Kier alpha value is -2.08. The number of benzene rings is 1. The fourth-order valence-corrected chi connectivity index (χ4v) is 1.87. The lowest BCUT2D eigenvalue weighted by Crippen LogP contribution is -2.39. The highest BCUT2D eigenvalue weighted by Gasteiger charge is 2.25. The number of aromatic nitrogens is 2. The molecule has 0 aliphatic heterocycles. The summed E-state index contributed by atoms with van der Waals surface area (Å²) in [6.07, 6.45) is 2.34. The predicted octanol–water partition coefficient (Wildman–Crippen LogP) is 0.285. The first-order valence-electron chi connectivity index (χ1n) is 6.23. The number of nitrogens with one attached hydrogen (secondary N) is 1. The Morgan fingerprint density at radius 2 is 2.16 bits per heavy atom. The van der Waals surface area contributed by atoms with E-state index in [9.17, 15) is 5.11 Å². The average Bonchev–Trinajstić information content (AvgIpc) is 3.20. The maximum atomic E-state index is 11.7. The van der Waals surface area contributed by atoms with Crippen molar-refractivity contribution in [3.05, 3.63) is 30.0 Å². The van der Waals surface area contributed by atoms with E-state index >= 15 is 0 Å². The van der Waals surface area contributed by atoms with E-state index in [0.29, 0.717) is 18.3 Å². The molecule has 1 N–H and O–H groups in total. The summed E-state index contributed by atoms with van der Waals surface area (Å²) in [6.45, 7) is 0.471.